The van der Waals surface area contributed by atoms with Crippen LogP contribution < -0.4 is 0 Å². The highest BCUT2D eigenvalue weighted by Crippen LogP contribution is 2.37. The van der Waals surface area contributed by atoms with Crippen molar-refractivity contribution in [1.82, 2.24) is 10.2 Å². The molecule has 0 saturated carbocycles. The molecule has 0 spiro atoms. The fraction of sp³-hybridized carbons (Fsp3) is 0.636. The molecular formula is C22H33Cl3N2O6Si. The van der Waals surface area contributed by atoms with Crippen LogP contribution in [0.15, 0.2) is 30.3 Å². The van der Waals surface area contributed by atoms with Gasteiger partial charge in [0.25, 0.3) is 0 Å². The molecule has 0 aromatic heterocycles. The third-order valence-electron chi connectivity index (χ3n) is 5.95. The lowest BCUT2D eigenvalue weighted by atomic mass is 10.2. The number of rotatable bonds is 10. The van der Waals surface area contributed by atoms with E-state index >= 15 is 0 Å². The standard InChI is InChI=1S/C22H33Cl3N2O6Si/c1-21(2,3)34(5,6)32-15-17-12-18(28)13-26(17)27(31-14-16-10-8-7-9-11-16)20(29)33-22(24,25)19(23)30-4/h7-11,17,19H,12-15H2,1-6H3/t17-,19+/m0/s1. The van der Waals surface area contributed by atoms with Crippen molar-refractivity contribution < 1.29 is 28.3 Å². The number of carbonyl (C=O) groups excluding carboxylic acids is 2. The zero-order valence-corrected chi connectivity index (χ0v) is 23.6. The van der Waals surface area contributed by atoms with Crippen molar-refractivity contribution in [2.75, 3.05) is 20.3 Å². The van der Waals surface area contributed by atoms with Gasteiger partial charge in [0.1, 0.15) is 6.61 Å². The number of hydrogen-bond donors (Lipinski definition) is 0. The van der Waals surface area contributed by atoms with Crippen molar-refractivity contribution >= 4 is 55.0 Å². The molecule has 1 aliphatic rings. The van der Waals surface area contributed by atoms with Crippen LogP contribution in [0.5, 0.6) is 0 Å². The maximum atomic E-state index is 13.1. The Kier molecular flexibility index (Phi) is 10.2. The van der Waals surface area contributed by atoms with Gasteiger partial charge in [-0.3, -0.25) is 4.79 Å². The normalized spacial score (nSPS) is 18.7. The fourth-order valence-corrected chi connectivity index (χ4v) is 4.30. The Bertz CT molecular complexity index is 838. The molecule has 2 atom stereocenters. The molecule has 1 amide bonds. The first-order valence-corrected chi connectivity index (χ1v) is 14.9. The predicted octanol–water partition coefficient (Wildman–Crippen LogP) is 5.48. The molecule has 34 heavy (non-hydrogen) atoms. The Balaban J connectivity index is 2.25. The first-order chi connectivity index (χ1) is 15.7. The van der Waals surface area contributed by atoms with Gasteiger partial charge in [-0.2, -0.15) is 5.01 Å². The number of hydrazine groups is 1. The zero-order chi connectivity index (χ0) is 25.7. The largest absolute Gasteiger partial charge is 0.452 e. The first-order valence-electron chi connectivity index (χ1n) is 10.8. The van der Waals surface area contributed by atoms with Crippen molar-refractivity contribution in [2.45, 2.75) is 68.1 Å². The molecule has 192 valence electrons. The van der Waals surface area contributed by atoms with Crippen LogP contribution in [0, 0.1) is 0 Å². The molecular weight excluding hydrogens is 523 g/mol. The van der Waals surface area contributed by atoms with Gasteiger partial charge in [0.2, 0.25) is 0 Å². The number of hydrogen-bond acceptors (Lipinski definition) is 7. The van der Waals surface area contributed by atoms with Gasteiger partial charge in [-0.15, -0.1) is 5.17 Å². The van der Waals surface area contributed by atoms with Crippen LogP contribution in [0.25, 0.3) is 0 Å². The number of halogens is 3. The van der Waals surface area contributed by atoms with E-state index in [0.29, 0.717) is 0 Å². The van der Waals surface area contributed by atoms with Crippen LogP contribution in [0.2, 0.25) is 18.1 Å². The van der Waals surface area contributed by atoms with Crippen LogP contribution in [0.3, 0.4) is 0 Å². The van der Waals surface area contributed by atoms with Crippen molar-refractivity contribution in [1.29, 1.82) is 0 Å². The molecule has 0 bridgehead atoms. The van der Waals surface area contributed by atoms with Crippen molar-refractivity contribution in [2.24, 2.45) is 0 Å². The Morgan fingerprint density at radius 2 is 1.85 bits per heavy atom. The van der Waals surface area contributed by atoms with Gasteiger partial charge in [0.05, 0.1) is 19.2 Å². The van der Waals surface area contributed by atoms with E-state index in [9.17, 15) is 9.59 Å². The number of ketones is 1. The van der Waals surface area contributed by atoms with Gasteiger partial charge in [0.15, 0.2) is 19.7 Å². The average Bonchev–Trinajstić information content (AvgIpc) is 3.11. The minimum absolute atomic E-state index is 0.0186. The highest BCUT2D eigenvalue weighted by Gasteiger charge is 2.45. The summed E-state index contributed by atoms with van der Waals surface area (Å²) in [5.74, 6) is -0.0694. The third-order valence-corrected chi connectivity index (χ3v) is 11.7. The second-order valence-electron chi connectivity index (χ2n) is 9.58. The van der Waals surface area contributed by atoms with Crippen molar-refractivity contribution in [3.05, 3.63) is 35.9 Å². The van der Waals surface area contributed by atoms with Crippen LogP contribution in [0.4, 0.5) is 4.79 Å². The second-order valence-corrected chi connectivity index (χ2v) is 16.1. The van der Waals surface area contributed by atoms with Crippen LogP contribution in [-0.2, 0) is 30.1 Å². The highest BCUT2D eigenvalue weighted by atomic mass is 35.5. The number of nitrogens with zero attached hydrogens (tertiary/aromatic N) is 2. The molecule has 1 aromatic carbocycles. The Labute approximate surface area is 217 Å². The lowest BCUT2D eigenvalue weighted by molar-refractivity contribution is -0.270. The quantitative estimate of drug-likeness (QED) is 0.215. The van der Waals surface area contributed by atoms with E-state index in [-0.39, 0.29) is 37.0 Å². The molecule has 0 aliphatic carbocycles. The van der Waals surface area contributed by atoms with Gasteiger partial charge in [0, 0.05) is 13.5 Å². The lowest BCUT2D eigenvalue weighted by Gasteiger charge is -2.39. The first kappa shape index (κ1) is 29.3. The average molecular weight is 556 g/mol. The molecule has 1 aromatic rings. The minimum atomic E-state index is -2.20. The fourth-order valence-electron chi connectivity index (χ4n) is 2.90. The molecule has 8 nitrogen and oxygen atoms in total. The molecule has 1 aliphatic heterocycles. The minimum Gasteiger partial charge on any atom is -0.415 e. The van der Waals surface area contributed by atoms with E-state index in [0.717, 1.165) is 10.7 Å². The topological polar surface area (TPSA) is 77.5 Å². The van der Waals surface area contributed by atoms with Crippen LogP contribution >= 0.6 is 34.8 Å². The molecule has 0 radical (unpaired) electrons. The monoisotopic (exact) mass is 554 g/mol. The van der Waals surface area contributed by atoms with Gasteiger partial charge in [-0.1, -0.05) is 85.9 Å². The van der Waals surface area contributed by atoms with Crippen LogP contribution in [-0.4, -0.2) is 66.8 Å². The van der Waals surface area contributed by atoms with E-state index in [2.05, 4.69) is 33.9 Å². The maximum Gasteiger partial charge on any atom is 0.452 e. The molecule has 0 unspecified atom stereocenters. The van der Waals surface area contributed by atoms with E-state index in [1.54, 1.807) is 0 Å². The highest BCUT2D eigenvalue weighted by molar-refractivity contribution is 6.74. The molecule has 1 heterocycles. The number of hydroxylamine groups is 1. The van der Waals surface area contributed by atoms with Gasteiger partial charge >= 0.3 is 10.6 Å². The number of methoxy groups -OCH3 is 1. The SMILES string of the molecule is CO[C@@H](Cl)C(Cl)(Cl)OC(=O)N(OCc1ccccc1)N1CC(=O)C[C@H]1CO[Si](C)(C)C(C)(C)C. The van der Waals surface area contributed by atoms with Crippen LogP contribution in [0.1, 0.15) is 32.8 Å². The van der Waals surface area contributed by atoms with E-state index in [4.69, 9.17) is 53.5 Å². The summed E-state index contributed by atoms with van der Waals surface area (Å²) in [5.41, 5.74) is -0.538. The summed E-state index contributed by atoms with van der Waals surface area (Å²) in [6, 6.07) is 8.78. The summed E-state index contributed by atoms with van der Waals surface area (Å²) >= 11 is 18.1. The number of benzene rings is 1. The number of alkyl halides is 3. The van der Waals surface area contributed by atoms with Crippen molar-refractivity contribution in [3.8, 4) is 0 Å². The summed E-state index contributed by atoms with van der Waals surface area (Å²) in [5, 5.41) is 2.33. The summed E-state index contributed by atoms with van der Waals surface area (Å²) in [7, 11) is -0.839. The molecule has 1 fully saturated rings. The van der Waals surface area contributed by atoms with Gasteiger partial charge in [-0.25, -0.2) is 9.63 Å². The molecule has 2 rings (SSSR count). The zero-order valence-electron chi connectivity index (χ0n) is 20.3. The molecule has 1 saturated heterocycles. The summed E-state index contributed by atoms with van der Waals surface area (Å²) < 4.78 is 14.2. The van der Waals surface area contributed by atoms with Gasteiger partial charge in [-0.05, 0) is 23.7 Å². The summed E-state index contributed by atoms with van der Waals surface area (Å²) in [6.45, 7) is 10.8. The molecule has 12 heteroatoms. The smallest absolute Gasteiger partial charge is 0.415 e. The predicted molar refractivity (Wildman–Crippen MR) is 134 cm³/mol. The van der Waals surface area contributed by atoms with Crippen molar-refractivity contribution in [3.63, 3.8) is 0 Å². The Morgan fingerprint density at radius 3 is 2.41 bits per heavy atom. The van der Waals surface area contributed by atoms with E-state index in [1.807, 2.05) is 30.3 Å². The number of amides is 1. The number of carbonyl (C=O) groups is 2. The summed E-state index contributed by atoms with van der Waals surface area (Å²) in [4.78, 5) is 31.3. The summed E-state index contributed by atoms with van der Waals surface area (Å²) in [6.07, 6.45) is -0.855. The third kappa shape index (κ3) is 7.79. The van der Waals surface area contributed by atoms with E-state index < -0.39 is 30.5 Å². The number of ether oxygens (including phenoxy) is 2. The maximum absolute atomic E-state index is 13.1. The van der Waals surface area contributed by atoms with Gasteiger partial charge < -0.3 is 13.9 Å². The second kappa shape index (κ2) is 11.9. The Morgan fingerprint density at radius 1 is 1.24 bits per heavy atom. The molecule has 0 N–H and O–H groups in total. The number of Topliss-reactive ketones (excluding diaryl/α,β-unsaturated/α-hetero) is 1. The van der Waals surface area contributed by atoms with E-state index in [1.165, 1.54) is 12.1 Å². The lowest BCUT2D eigenvalue weighted by Crippen LogP contribution is -2.53. The Hall–Kier alpha value is -0.913.